The summed E-state index contributed by atoms with van der Waals surface area (Å²) in [5, 5.41) is 0. The van der Waals surface area contributed by atoms with Crippen LogP contribution in [0.2, 0.25) is 0 Å². The number of hydrogen-bond donors (Lipinski definition) is 1. The molecule has 1 N–H and O–H groups in total. The summed E-state index contributed by atoms with van der Waals surface area (Å²) >= 11 is 0. The molecule has 0 radical (unpaired) electrons. The molecule has 0 saturated heterocycles. The number of benzene rings is 1. The number of rotatable bonds is 2. The molecule has 80 valence electrons. The highest BCUT2D eigenvalue weighted by Crippen LogP contribution is 2.23. The zero-order valence-corrected chi connectivity index (χ0v) is 8.24. The lowest BCUT2D eigenvalue weighted by Gasteiger charge is -2.04. The zero-order valence-electron chi connectivity index (χ0n) is 8.24. The van der Waals surface area contributed by atoms with E-state index in [0.717, 1.165) is 6.07 Å². The Labute approximate surface area is 90.6 Å². The first kappa shape index (κ1) is 10.3. The third kappa shape index (κ3) is 1.77. The molecular formula is C12H8FNO2. The molecule has 0 amide bonds. The van der Waals surface area contributed by atoms with Gasteiger partial charge in [-0.15, -0.1) is 0 Å². The fourth-order valence-corrected chi connectivity index (χ4v) is 1.50. The Kier molecular flexibility index (Phi) is 2.64. The van der Waals surface area contributed by atoms with Crippen LogP contribution in [0.15, 0.2) is 41.3 Å². The molecule has 0 aliphatic carbocycles. The minimum Gasteiger partial charge on any atom is -0.328 e. The van der Waals surface area contributed by atoms with Gasteiger partial charge >= 0.3 is 0 Å². The normalized spacial score (nSPS) is 10.1. The van der Waals surface area contributed by atoms with Crippen LogP contribution in [0.25, 0.3) is 11.1 Å². The first-order valence-electron chi connectivity index (χ1n) is 4.65. The maximum Gasteiger partial charge on any atom is 0.248 e. The van der Waals surface area contributed by atoms with Crippen LogP contribution in [0.1, 0.15) is 10.4 Å². The van der Waals surface area contributed by atoms with Crippen molar-refractivity contribution in [1.29, 1.82) is 0 Å². The molecule has 16 heavy (non-hydrogen) atoms. The van der Waals surface area contributed by atoms with E-state index in [4.69, 9.17) is 0 Å². The predicted octanol–water partition coefficient (Wildman–Crippen LogP) is 1.99. The number of aromatic nitrogens is 1. The molecule has 1 heterocycles. The van der Waals surface area contributed by atoms with E-state index in [-0.39, 0.29) is 11.1 Å². The minimum atomic E-state index is -0.433. The summed E-state index contributed by atoms with van der Waals surface area (Å²) in [5.74, 6) is -0.433. The van der Waals surface area contributed by atoms with Gasteiger partial charge in [0.2, 0.25) is 5.56 Å². The number of H-pyrrole nitrogens is 1. The number of hydrogen-bond acceptors (Lipinski definition) is 2. The molecule has 2 aromatic rings. The van der Waals surface area contributed by atoms with E-state index >= 15 is 0 Å². The zero-order chi connectivity index (χ0) is 11.5. The third-order valence-electron chi connectivity index (χ3n) is 2.25. The Morgan fingerprint density at radius 1 is 1.19 bits per heavy atom. The van der Waals surface area contributed by atoms with Crippen molar-refractivity contribution >= 4 is 6.29 Å². The highest BCUT2D eigenvalue weighted by molar-refractivity contribution is 5.87. The van der Waals surface area contributed by atoms with E-state index in [9.17, 15) is 14.0 Å². The summed E-state index contributed by atoms with van der Waals surface area (Å²) in [6.07, 6.45) is 1.88. The van der Waals surface area contributed by atoms with E-state index in [1.54, 1.807) is 18.2 Å². The predicted molar refractivity (Wildman–Crippen MR) is 57.8 cm³/mol. The average molecular weight is 217 g/mol. The summed E-state index contributed by atoms with van der Waals surface area (Å²) in [7, 11) is 0. The van der Waals surface area contributed by atoms with Crippen molar-refractivity contribution in [2.75, 3.05) is 0 Å². The number of aromatic amines is 1. The molecule has 2 rings (SSSR count). The van der Waals surface area contributed by atoms with Crippen LogP contribution in [-0.4, -0.2) is 11.3 Å². The standard InChI is InChI=1S/C12H8FNO2/c13-11-4-2-1-3-9(11)10-6-14-12(16)5-8(10)7-15/h1-7H,(H,14,16). The number of pyridine rings is 1. The molecule has 0 atom stereocenters. The van der Waals surface area contributed by atoms with Crippen LogP contribution in [0.4, 0.5) is 4.39 Å². The maximum absolute atomic E-state index is 13.5. The number of carbonyl (C=O) groups is 1. The largest absolute Gasteiger partial charge is 0.328 e. The van der Waals surface area contributed by atoms with Crippen molar-refractivity contribution in [3.63, 3.8) is 0 Å². The smallest absolute Gasteiger partial charge is 0.248 e. The van der Waals surface area contributed by atoms with Gasteiger partial charge < -0.3 is 4.98 Å². The van der Waals surface area contributed by atoms with Crippen LogP contribution >= 0.6 is 0 Å². The highest BCUT2D eigenvalue weighted by atomic mass is 19.1. The third-order valence-corrected chi connectivity index (χ3v) is 2.25. The topological polar surface area (TPSA) is 49.9 Å². The molecule has 1 aromatic heterocycles. The average Bonchev–Trinajstić information content (AvgIpc) is 2.30. The molecule has 0 spiro atoms. The fourth-order valence-electron chi connectivity index (χ4n) is 1.50. The monoisotopic (exact) mass is 217 g/mol. The van der Waals surface area contributed by atoms with E-state index in [1.807, 2.05) is 0 Å². The van der Waals surface area contributed by atoms with Crippen molar-refractivity contribution in [2.24, 2.45) is 0 Å². The van der Waals surface area contributed by atoms with E-state index in [1.165, 1.54) is 12.3 Å². The summed E-state index contributed by atoms with van der Waals surface area (Å²) < 4.78 is 13.5. The van der Waals surface area contributed by atoms with E-state index in [2.05, 4.69) is 4.98 Å². The Bertz CT molecular complexity index is 590. The second-order valence-corrected chi connectivity index (χ2v) is 3.26. The Morgan fingerprint density at radius 2 is 1.94 bits per heavy atom. The Hall–Kier alpha value is -2.23. The van der Waals surface area contributed by atoms with Crippen molar-refractivity contribution < 1.29 is 9.18 Å². The molecule has 1 aromatic carbocycles. The van der Waals surface area contributed by atoms with Crippen molar-refractivity contribution in [3.05, 3.63) is 58.3 Å². The van der Waals surface area contributed by atoms with Gasteiger partial charge in [-0.3, -0.25) is 9.59 Å². The molecule has 4 heteroatoms. The van der Waals surface area contributed by atoms with Gasteiger partial charge in [0.25, 0.3) is 0 Å². The van der Waals surface area contributed by atoms with Crippen molar-refractivity contribution in [2.45, 2.75) is 0 Å². The number of nitrogens with one attached hydrogen (secondary N) is 1. The van der Waals surface area contributed by atoms with Crippen LogP contribution < -0.4 is 5.56 Å². The second kappa shape index (κ2) is 4.10. The van der Waals surface area contributed by atoms with Gasteiger partial charge in [-0.25, -0.2) is 4.39 Å². The lowest BCUT2D eigenvalue weighted by molar-refractivity contribution is 0.112. The number of halogens is 1. The molecule has 3 nitrogen and oxygen atoms in total. The van der Waals surface area contributed by atoms with Crippen LogP contribution in [0.5, 0.6) is 0 Å². The van der Waals surface area contributed by atoms with Gasteiger partial charge in [0.05, 0.1) is 0 Å². The molecule has 0 bridgehead atoms. The molecule has 0 unspecified atom stereocenters. The van der Waals surface area contributed by atoms with Gasteiger partial charge in [-0.2, -0.15) is 0 Å². The summed E-state index contributed by atoms with van der Waals surface area (Å²) in [5.41, 5.74) is 0.463. The Balaban J connectivity index is 2.69. The van der Waals surface area contributed by atoms with E-state index in [0.29, 0.717) is 17.4 Å². The first-order valence-corrected chi connectivity index (χ1v) is 4.65. The lowest BCUT2D eigenvalue weighted by Crippen LogP contribution is -2.06. The van der Waals surface area contributed by atoms with Gasteiger partial charge in [-0.05, 0) is 6.07 Å². The van der Waals surface area contributed by atoms with Crippen LogP contribution in [0.3, 0.4) is 0 Å². The molecular weight excluding hydrogens is 209 g/mol. The van der Waals surface area contributed by atoms with Gasteiger partial charge in [0.1, 0.15) is 5.82 Å². The van der Waals surface area contributed by atoms with Crippen molar-refractivity contribution in [1.82, 2.24) is 4.98 Å². The summed E-state index contributed by atoms with van der Waals surface area (Å²) in [6.45, 7) is 0. The second-order valence-electron chi connectivity index (χ2n) is 3.26. The molecule has 0 aliphatic heterocycles. The minimum absolute atomic E-state index is 0.175. The highest BCUT2D eigenvalue weighted by Gasteiger charge is 2.09. The van der Waals surface area contributed by atoms with Gasteiger partial charge in [0, 0.05) is 29.0 Å². The quantitative estimate of drug-likeness (QED) is 0.782. The van der Waals surface area contributed by atoms with Gasteiger partial charge in [-0.1, -0.05) is 18.2 Å². The summed E-state index contributed by atoms with van der Waals surface area (Å²) in [4.78, 5) is 24.2. The SMILES string of the molecule is O=Cc1cc(=O)[nH]cc1-c1ccccc1F. The van der Waals surface area contributed by atoms with Crippen molar-refractivity contribution in [3.8, 4) is 11.1 Å². The van der Waals surface area contributed by atoms with Gasteiger partial charge in [0.15, 0.2) is 6.29 Å². The Morgan fingerprint density at radius 3 is 2.62 bits per heavy atom. The number of carbonyl (C=O) groups excluding carboxylic acids is 1. The van der Waals surface area contributed by atoms with Crippen LogP contribution in [0, 0.1) is 5.82 Å². The molecule has 0 aliphatic rings. The molecule has 0 fully saturated rings. The van der Waals surface area contributed by atoms with Crippen LogP contribution in [-0.2, 0) is 0 Å². The fraction of sp³-hybridized carbons (Fsp3) is 0. The number of aldehydes is 1. The summed E-state index contributed by atoms with van der Waals surface area (Å²) in [6, 6.07) is 7.23. The molecule has 0 saturated carbocycles. The van der Waals surface area contributed by atoms with E-state index < -0.39 is 5.82 Å². The maximum atomic E-state index is 13.5. The first-order chi connectivity index (χ1) is 7.72. The lowest BCUT2D eigenvalue weighted by atomic mass is 10.0.